The van der Waals surface area contributed by atoms with Gasteiger partial charge in [0.25, 0.3) is 0 Å². The molecule has 0 nitrogen and oxygen atoms in total. The summed E-state index contributed by atoms with van der Waals surface area (Å²) < 4.78 is 0. The van der Waals surface area contributed by atoms with Crippen LogP contribution in [0, 0.1) is 0 Å². The highest BCUT2D eigenvalue weighted by molar-refractivity contribution is 6.80. The fourth-order valence-corrected chi connectivity index (χ4v) is 7.44. The van der Waals surface area contributed by atoms with E-state index in [1.807, 2.05) is 0 Å². The van der Waals surface area contributed by atoms with E-state index in [4.69, 9.17) is 0 Å². The largest absolute Gasteiger partial charge is 0.100 e. The first-order valence-corrected chi connectivity index (χ1v) is 8.57. The SMILES string of the molecule is C=C(C)C[Si](CC)(CCC)CCC. The maximum absolute atomic E-state index is 4.09. The molecule has 1 heteroatoms. The van der Waals surface area contributed by atoms with Crippen molar-refractivity contribution in [3.63, 3.8) is 0 Å². The van der Waals surface area contributed by atoms with E-state index in [0.29, 0.717) is 0 Å². The predicted molar refractivity (Wildman–Crippen MR) is 66.1 cm³/mol. The molecule has 0 heterocycles. The minimum Gasteiger partial charge on any atom is -0.100 e. The number of allylic oxidation sites excluding steroid dienone is 1. The van der Waals surface area contributed by atoms with E-state index in [1.165, 1.54) is 42.6 Å². The van der Waals surface area contributed by atoms with Crippen LogP contribution in [-0.4, -0.2) is 8.07 Å². The van der Waals surface area contributed by atoms with Gasteiger partial charge in [-0.1, -0.05) is 57.3 Å². The molecule has 0 radical (unpaired) electrons. The average Bonchev–Trinajstić information content (AvgIpc) is 2.04. The predicted octanol–water partition coefficient (Wildman–Crippen LogP) is 4.85. The summed E-state index contributed by atoms with van der Waals surface area (Å²) in [6.45, 7) is 13.3. The van der Waals surface area contributed by atoms with Gasteiger partial charge in [0.2, 0.25) is 0 Å². The Bertz CT molecular complexity index is 143. The van der Waals surface area contributed by atoms with Gasteiger partial charge in [0.05, 0.1) is 8.07 Å². The molecule has 0 amide bonds. The van der Waals surface area contributed by atoms with Crippen LogP contribution in [0.3, 0.4) is 0 Å². The van der Waals surface area contributed by atoms with Gasteiger partial charge in [-0.2, -0.15) is 0 Å². The third kappa shape index (κ3) is 4.66. The van der Waals surface area contributed by atoms with Crippen molar-refractivity contribution in [1.82, 2.24) is 0 Å². The van der Waals surface area contributed by atoms with Crippen molar-refractivity contribution in [1.29, 1.82) is 0 Å². The van der Waals surface area contributed by atoms with Crippen LogP contribution in [0.5, 0.6) is 0 Å². The summed E-state index contributed by atoms with van der Waals surface area (Å²) in [6.07, 6.45) is 2.74. The summed E-state index contributed by atoms with van der Waals surface area (Å²) in [5, 5.41) is 0. The van der Waals surface area contributed by atoms with Gasteiger partial charge in [-0.05, 0) is 13.0 Å². The molecular formula is C12H26Si. The lowest BCUT2D eigenvalue weighted by Crippen LogP contribution is -2.32. The third-order valence-electron chi connectivity index (χ3n) is 2.99. The van der Waals surface area contributed by atoms with Crippen LogP contribution in [0.15, 0.2) is 12.2 Å². The fourth-order valence-electron chi connectivity index (χ4n) is 2.48. The van der Waals surface area contributed by atoms with E-state index in [0.717, 1.165) is 0 Å². The van der Waals surface area contributed by atoms with E-state index in [9.17, 15) is 0 Å². The van der Waals surface area contributed by atoms with Gasteiger partial charge in [-0.3, -0.25) is 0 Å². The molecule has 13 heavy (non-hydrogen) atoms. The van der Waals surface area contributed by atoms with E-state index in [2.05, 4.69) is 34.3 Å². The van der Waals surface area contributed by atoms with Gasteiger partial charge in [-0.25, -0.2) is 0 Å². The van der Waals surface area contributed by atoms with Crippen molar-refractivity contribution in [3.8, 4) is 0 Å². The maximum Gasteiger partial charge on any atom is 0.0572 e. The molecule has 78 valence electrons. The molecule has 0 saturated heterocycles. The quantitative estimate of drug-likeness (QED) is 0.405. The summed E-state index contributed by atoms with van der Waals surface area (Å²) >= 11 is 0. The van der Waals surface area contributed by atoms with E-state index >= 15 is 0 Å². The Morgan fingerprint density at radius 2 is 1.54 bits per heavy atom. The Balaban J connectivity index is 4.33. The number of hydrogen-bond donors (Lipinski definition) is 0. The van der Waals surface area contributed by atoms with Crippen molar-refractivity contribution in [3.05, 3.63) is 12.2 Å². The number of rotatable bonds is 7. The van der Waals surface area contributed by atoms with Gasteiger partial charge < -0.3 is 0 Å². The summed E-state index contributed by atoms with van der Waals surface area (Å²) in [5.74, 6) is 0. The van der Waals surface area contributed by atoms with Crippen molar-refractivity contribution in [2.45, 2.75) is 64.7 Å². The number of hydrogen-bond acceptors (Lipinski definition) is 0. The molecule has 0 fully saturated rings. The monoisotopic (exact) mass is 198 g/mol. The third-order valence-corrected chi connectivity index (χ3v) is 8.96. The van der Waals surface area contributed by atoms with Crippen LogP contribution in [-0.2, 0) is 0 Å². The smallest absolute Gasteiger partial charge is 0.0572 e. The molecule has 0 aliphatic rings. The van der Waals surface area contributed by atoms with Gasteiger partial charge in [0, 0.05) is 0 Å². The summed E-state index contributed by atoms with van der Waals surface area (Å²) in [7, 11) is -0.932. The van der Waals surface area contributed by atoms with Crippen LogP contribution in [0.1, 0.15) is 40.5 Å². The summed E-state index contributed by atoms with van der Waals surface area (Å²) in [4.78, 5) is 0. The van der Waals surface area contributed by atoms with Crippen molar-refractivity contribution in [2.75, 3.05) is 0 Å². The Morgan fingerprint density at radius 3 is 1.77 bits per heavy atom. The van der Waals surface area contributed by atoms with E-state index < -0.39 is 8.07 Å². The molecule has 0 aliphatic carbocycles. The first-order valence-electron chi connectivity index (χ1n) is 5.74. The van der Waals surface area contributed by atoms with Gasteiger partial charge in [0.15, 0.2) is 0 Å². The highest BCUT2D eigenvalue weighted by atomic mass is 28.3. The molecule has 0 aromatic rings. The Labute approximate surface area is 85.4 Å². The topological polar surface area (TPSA) is 0 Å². The van der Waals surface area contributed by atoms with Crippen molar-refractivity contribution in [2.24, 2.45) is 0 Å². The lowest BCUT2D eigenvalue weighted by Gasteiger charge is -2.30. The lowest BCUT2D eigenvalue weighted by molar-refractivity contribution is 0.946. The molecule has 0 unspecified atom stereocenters. The molecule has 0 aromatic heterocycles. The summed E-state index contributed by atoms with van der Waals surface area (Å²) in [6, 6.07) is 5.82. The van der Waals surface area contributed by atoms with E-state index in [-0.39, 0.29) is 0 Å². The van der Waals surface area contributed by atoms with Crippen LogP contribution < -0.4 is 0 Å². The van der Waals surface area contributed by atoms with Crippen LogP contribution >= 0.6 is 0 Å². The first-order chi connectivity index (χ1) is 6.10. The zero-order valence-corrected chi connectivity index (χ0v) is 10.9. The molecule has 0 saturated carbocycles. The zero-order valence-electron chi connectivity index (χ0n) is 9.95. The Hall–Kier alpha value is -0.0431. The Morgan fingerprint density at radius 1 is 1.08 bits per heavy atom. The second-order valence-electron chi connectivity index (χ2n) is 4.49. The lowest BCUT2D eigenvalue weighted by atomic mass is 10.4. The molecule has 0 N–H and O–H groups in total. The second kappa shape index (κ2) is 6.42. The fraction of sp³-hybridized carbons (Fsp3) is 0.833. The van der Waals surface area contributed by atoms with Crippen LogP contribution in [0.25, 0.3) is 0 Å². The first kappa shape index (κ1) is 13.0. The summed E-state index contributed by atoms with van der Waals surface area (Å²) in [5.41, 5.74) is 1.41. The molecule has 0 bridgehead atoms. The minimum absolute atomic E-state index is 0.932. The normalized spacial score (nSPS) is 11.7. The molecule has 0 rings (SSSR count). The highest BCUT2D eigenvalue weighted by Crippen LogP contribution is 2.30. The zero-order chi connectivity index (χ0) is 10.3. The minimum atomic E-state index is -0.932. The highest BCUT2D eigenvalue weighted by Gasteiger charge is 2.28. The molecule has 0 aliphatic heterocycles. The average molecular weight is 198 g/mol. The van der Waals surface area contributed by atoms with Gasteiger partial charge in [-0.15, -0.1) is 6.58 Å². The van der Waals surface area contributed by atoms with E-state index in [1.54, 1.807) is 0 Å². The second-order valence-corrected chi connectivity index (χ2v) is 9.55. The van der Waals surface area contributed by atoms with Crippen molar-refractivity contribution < 1.29 is 0 Å². The van der Waals surface area contributed by atoms with Gasteiger partial charge >= 0.3 is 0 Å². The van der Waals surface area contributed by atoms with Crippen molar-refractivity contribution >= 4 is 8.07 Å². The van der Waals surface area contributed by atoms with Crippen LogP contribution in [0.2, 0.25) is 24.2 Å². The Kier molecular flexibility index (Phi) is 6.40. The molecule has 0 aromatic carbocycles. The standard InChI is InChI=1S/C12H26Si/c1-6-9-13(8-3,10-7-2)11-12(4)5/h4,6-11H2,1-3,5H3. The molecule has 0 atom stereocenters. The van der Waals surface area contributed by atoms with Gasteiger partial charge in [0.1, 0.15) is 0 Å². The molecule has 0 spiro atoms. The maximum atomic E-state index is 4.09. The molecular weight excluding hydrogens is 172 g/mol. The van der Waals surface area contributed by atoms with Crippen LogP contribution in [0.4, 0.5) is 0 Å².